The number of phenols is 1. The largest absolute Gasteiger partial charge is 0.508 e. The molecule has 1 aliphatic carbocycles. The third-order valence-corrected chi connectivity index (χ3v) is 4.98. The molecule has 1 saturated carbocycles. The molecule has 2 aromatic carbocycles. The van der Waals surface area contributed by atoms with Crippen LogP contribution in [0.2, 0.25) is 5.02 Å². The van der Waals surface area contributed by atoms with E-state index in [4.69, 9.17) is 11.6 Å². The van der Waals surface area contributed by atoms with Gasteiger partial charge in [0.2, 0.25) is 5.91 Å². The third kappa shape index (κ3) is 4.99. The smallest absolute Gasteiger partial charge is 0.225 e. The van der Waals surface area contributed by atoms with Crippen LogP contribution in [0.5, 0.6) is 5.75 Å². The zero-order chi connectivity index (χ0) is 18.7. The molecule has 0 bridgehead atoms. The molecule has 0 saturated heterocycles. The molecule has 1 aliphatic rings. The zero-order valence-corrected chi connectivity index (χ0v) is 16.0. The highest BCUT2D eigenvalue weighted by Gasteiger charge is 2.29. The molecule has 0 atom stereocenters. The minimum atomic E-state index is -0.0274. The van der Waals surface area contributed by atoms with Crippen LogP contribution in [0.4, 0.5) is 5.69 Å². The Kier molecular flexibility index (Phi) is 5.84. The van der Waals surface area contributed by atoms with Crippen molar-refractivity contribution in [2.24, 2.45) is 0 Å². The first-order valence-electron chi connectivity index (χ1n) is 9.01. The summed E-state index contributed by atoms with van der Waals surface area (Å²) in [6, 6.07) is 11.7. The first kappa shape index (κ1) is 18.7. The standard InChI is InChI=1S/C21H25ClN2O2/c1-14-10-15(2)21(19(22)11-14)23-20(26)8-9-24(17-6-7-17)13-16-4-3-5-18(25)12-16/h3-5,10-12,17,25H,6-9,13H2,1-2H3,(H,23,26). The fourth-order valence-corrected chi connectivity index (χ4v) is 3.61. The minimum Gasteiger partial charge on any atom is -0.508 e. The number of nitrogens with zero attached hydrogens (tertiary/aromatic N) is 1. The molecular weight excluding hydrogens is 348 g/mol. The van der Waals surface area contributed by atoms with E-state index < -0.39 is 0 Å². The van der Waals surface area contributed by atoms with Gasteiger partial charge in [-0.15, -0.1) is 0 Å². The Morgan fingerprint density at radius 3 is 2.69 bits per heavy atom. The highest BCUT2D eigenvalue weighted by molar-refractivity contribution is 6.34. The quantitative estimate of drug-likeness (QED) is 0.743. The minimum absolute atomic E-state index is 0.0274. The van der Waals surface area contributed by atoms with Crippen LogP contribution in [0, 0.1) is 13.8 Å². The zero-order valence-electron chi connectivity index (χ0n) is 15.3. The SMILES string of the molecule is Cc1cc(C)c(NC(=O)CCN(Cc2cccc(O)c2)C2CC2)c(Cl)c1. The Balaban J connectivity index is 1.58. The fraction of sp³-hybridized carbons (Fsp3) is 0.381. The summed E-state index contributed by atoms with van der Waals surface area (Å²) in [6.45, 7) is 5.37. The van der Waals surface area contributed by atoms with Crippen molar-refractivity contribution in [3.63, 3.8) is 0 Å². The van der Waals surface area contributed by atoms with Crippen molar-refractivity contribution in [2.45, 2.75) is 45.7 Å². The number of aromatic hydroxyl groups is 1. The normalized spacial score (nSPS) is 13.8. The number of aryl methyl sites for hydroxylation is 2. The molecule has 2 N–H and O–H groups in total. The number of benzene rings is 2. The predicted octanol–water partition coefficient (Wildman–Crippen LogP) is 4.66. The molecule has 5 heteroatoms. The summed E-state index contributed by atoms with van der Waals surface area (Å²) in [5.41, 5.74) is 3.82. The number of phenolic OH excluding ortho intramolecular Hbond substituents is 1. The molecule has 1 amide bonds. The molecule has 3 rings (SSSR count). The molecule has 2 aromatic rings. The Labute approximate surface area is 159 Å². The molecule has 0 unspecified atom stereocenters. The Morgan fingerprint density at radius 1 is 1.27 bits per heavy atom. The lowest BCUT2D eigenvalue weighted by atomic mass is 10.1. The van der Waals surface area contributed by atoms with Crippen molar-refractivity contribution < 1.29 is 9.90 Å². The van der Waals surface area contributed by atoms with Gasteiger partial charge in [-0.25, -0.2) is 0 Å². The summed E-state index contributed by atoms with van der Waals surface area (Å²) < 4.78 is 0. The van der Waals surface area contributed by atoms with Gasteiger partial charge >= 0.3 is 0 Å². The first-order valence-corrected chi connectivity index (χ1v) is 9.39. The summed E-state index contributed by atoms with van der Waals surface area (Å²) in [7, 11) is 0. The summed E-state index contributed by atoms with van der Waals surface area (Å²) in [5.74, 6) is 0.251. The van der Waals surface area contributed by atoms with Gasteiger partial charge in [0.25, 0.3) is 0 Å². The van der Waals surface area contributed by atoms with E-state index in [0.717, 1.165) is 23.2 Å². The molecule has 0 spiro atoms. The average molecular weight is 373 g/mol. The van der Waals surface area contributed by atoms with Crippen LogP contribution in [-0.2, 0) is 11.3 Å². The van der Waals surface area contributed by atoms with E-state index in [1.807, 2.05) is 38.1 Å². The number of anilines is 1. The first-order chi connectivity index (χ1) is 12.4. The van der Waals surface area contributed by atoms with E-state index in [9.17, 15) is 9.90 Å². The number of rotatable bonds is 7. The second kappa shape index (κ2) is 8.11. The van der Waals surface area contributed by atoms with Crippen molar-refractivity contribution in [1.82, 2.24) is 4.90 Å². The number of halogens is 1. The average Bonchev–Trinajstić information content (AvgIpc) is 3.40. The second-order valence-electron chi connectivity index (χ2n) is 7.11. The Morgan fingerprint density at radius 2 is 2.04 bits per heavy atom. The predicted molar refractivity (Wildman–Crippen MR) is 106 cm³/mol. The van der Waals surface area contributed by atoms with E-state index in [-0.39, 0.29) is 11.7 Å². The highest BCUT2D eigenvalue weighted by atomic mass is 35.5. The van der Waals surface area contributed by atoms with Gasteiger partial charge in [0.1, 0.15) is 5.75 Å². The van der Waals surface area contributed by atoms with E-state index in [2.05, 4.69) is 10.2 Å². The van der Waals surface area contributed by atoms with Gasteiger partial charge in [0, 0.05) is 25.6 Å². The number of nitrogens with one attached hydrogen (secondary N) is 1. The van der Waals surface area contributed by atoms with Crippen LogP contribution in [0.3, 0.4) is 0 Å². The monoisotopic (exact) mass is 372 g/mol. The van der Waals surface area contributed by atoms with Crippen LogP contribution >= 0.6 is 11.6 Å². The van der Waals surface area contributed by atoms with Crippen molar-refractivity contribution in [3.8, 4) is 5.75 Å². The summed E-state index contributed by atoms with van der Waals surface area (Å²) in [4.78, 5) is 14.7. The number of hydrogen-bond donors (Lipinski definition) is 2. The van der Waals surface area contributed by atoms with Crippen molar-refractivity contribution in [1.29, 1.82) is 0 Å². The molecule has 0 aromatic heterocycles. The van der Waals surface area contributed by atoms with Crippen LogP contribution in [0.25, 0.3) is 0 Å². The van der Waals surface area contributed by atoms with E-state index in [1.165, 1.54) is 12.8 Å². The number of amides is 1. The van der Waals surface area contributed by atoms with E-state index in [0.29, 0.717) is 29.7 Å². The molecule has 0 aliphatic heterocycles. The van der Waals surface area contributed by atoms with E-state index in [1.54, 1.807) is 12.1 Å². The summed E-state index contributed by atoms with van der Waals surface area (Å²) >= 11 is 6.28. The topological polar surface area (TPSA) is 52.6 Å². The molecule has 138 valence electrons. The molecular formula is C21H25ClN2O2. The lowest BCUT2D eigenvalue weighted by molar-refractivity contribution is -0.116. The summed E-state index contributed by atoms with van der Waals surface area (Å²) in [6.07, 6.45) is 2.76. The van der Waals surface area contributed by atoms with Crippen LogP contribution in [-0.4, -0.2) is 28.5 Å². The maximum atomic E-state index is 12.4. The van der Waals surface area contributed by atoms with Crippen molar-refractivity contribution in [3.05, 3.63) is 58.1 Å². The lowest BCUT2D eigenvalue weighted by Gasteiger charge is -2.22. The number of carbonyl (C=O) groups excluding carboxylic acids is 1. The van der Waals surface area contributed by atoms with Gasteiger partial charge in [0.15, 0.2) is 0 Å². The Bertz CT molecular complexity index is 779. The molecule has 0 heterocycles. The van der Waals surface area contributed by atoms with E-state index >= 15 is 0 Å². The molecule has 4 nitrogen and oxygen atoms in total. The fourth-order valence-electron chi connectivity index (χ4n) is 3.24. The van der Waals surface area contributed by atoms with Gasteiger partial charge < -0.3 is 10.4 Å². The molecule has 26 heavy (non-hydrogen) atoms. The number of carbonyl (C=O) groups is 1. The van der Waals surface area contributed by atoms with Gasteiger partial charge in [-0.3, -0.25) is 9.69 Å². The maximum absolute atomic E-state index is 12.4. The lowest BCUT2D eigenvalue weighted by Crippen LogP contribution is -2.29. The third-order valence-electron chi connectivity index (χ3n) is 4.68. The Hall–Kier alpha value is -2.04. The van der Waals surface area contributed by atoms with Gasteiger partial charge in [-0.05, 0) is 61.6 Å². The maximum Gasteiger partial charge on any atom is 0.225 e. The van der Waals surface area contributed by atoms with Gasteiger partial charge in [0.05, 0.1) is 10.7 Å². The summed E-state index contributed by atoms with van der Waals surface area (Å²) in [5, 5.41) is 13.2. The molecule has 1 fully saturated rings. The van der Waals surface area contributed by atoms with Crippen molar-refractivity contribution >= 4 is 23.2 Å². The van der Waals surface area contributed by atoms with Crippen LogP contribution < -0.4 is 5.32 Å². The van der Waals surface area contributed by atoms with Crippen LogP contribution in [0.15, 0.2) is 36.4 Å². The van der Waals surface area contributed by atoms with Gasteiger partial charge in [-0.2, -0.15) is 0 Å². The number of hydrogen-bond acceptors (Lipinski definition) is 3. The van der Waals surface area contributed by atoms with Crippen LogP contribution in [0.1, 0.15) is 36.0 Å². The molecule has 0 radical (unpaired) electrons. The van der Waals surface area contributed by atoms with Gasteiger partial charge in [-0.1, -0.05) is 29.8 Å². The second-order valence-corrected chi connectivity index (χ2v) is 7.52. The van der Waals surface area contributed by atoms with Crippen molar-refractivity contribution in [2.75, 3.05) is 11.9 Å². The highest BCUT2D eigenvalue weighted by Crippen LogP contribution is 2.30.